The molecule has 0 aliphatic carbocycles. The third-order valence-corrected chi connectivity index (χ3v) is 4.16. The maximum atomic E-state index is 12.4. The summed E-state index contributed by atoms with van der Waals surface area (Å²) in [5.74, 6) is 0.130. The van der Waals surface area contributed by atoms with Crippen molar-refractivity contribution in [2.75, 3.05) is 7.11 Å². The Hall–Kier alpha value is -2.96. The van der Waals surface area contributed by atoms with Crippen LogP contribution in [0.25, 0.3) is 21.7 Å². The predicted molar refractivity (Wildman–Crippen MR) is 118 cm³/mol. The number of fused-ring (bicyclic) bond motifs is 2. The van der Waals surface area contributed by atoms with Crippen molar-refractivity contribution in [1.29, 1.82) is 0 Å². The molecule has 0 bridgehead atoms. The summed E-state index contributed by atoms with van der Waals surface area (Å²) in [5.41, 5.74) is 3.18. The van der Waals surface area contributed by atoms with E-state index in [9.17, 15) is 4.79 Å². The summed E-state index contributed by atoms with van der Waals surface area (Å²) in [4.78, 5) is 15.2. The Bertz CT molecular complexity index is 1010. The molecule has 3 rings (SSSR count). The smallest absolute Gasteiger partial charge is 0.305 e. The second-order valence-corrected chi connectivity index (χ2v) is 6.00. The third-order valence-electron chi connectivity index (χ3n) is 3.65. The fourth-order valence-electron chi connectivity index (χ4n) is 2.51. The summed E-state index contributed by atoms with van der Waals surface area (Å²) in [7, 11) is 1.52. The second-order valence-electron chi connectivity index (χ2n) is 5.28. The minimum atomic E-state index is -0.412. The van der Waals surface area contributed by atoms with Gasteiger partial charge in [0.2, 0.25) is 5.76 Å². The quantitative estimate of drug-likeness (QED) is 0.230. The normalized spacial score (nSPS) is 11.0. The van der Waals surface area contributed by atoms with Gasteiger partial charge in [-0.15, -0.1) is 0 Å². The average molecular weight is 397 g/mol. The Balaban J connectivity index is 0.00000136. The van der Waals surface area contributed by atoms with Gasteiger partial charge < -0.3 is 9.15 Å². The van der Waals surface area contributed by atoms with Crippen LogP contribution in [0.5, 0.6) is 5.75 Å². The Labute approximate surface area is 169 Å². The molecule has 0 spiro atoms. The molecule has 1 aromatic heterocycles. The molecule has 1 amide bonds. The number of carbonyl (C=O) groups is 1. The van der Waals surface area contributed by atoms with Gasteiger partial charge in [-0.3, -0.25) is 10.2 Å². The molecule has 2 aromatic carbocycles. The number of ether oxygens (including phenoxy) is 1. The minimum Gasteiger partial charge on any atom is -0.492 e. The van der Waals surface area contributed by atoms with E-state index in [-0.39, 0.29) is 5.76 Å². The van der Waals surface area contributed by atoms with Crippen molar-refractivity contribution in [2.24, 2.45) is 0 Å². The van der Waals surface area contributed by atoms with E-state index in [1.165, 1.54) is 19.1 Å². The van der Waals surface area contributed by atoms with Gasteiger partial charge in [-0.25, -0.2) is 0 Å². The molecule has 0 aliphatic heterocycles. The number of carbonyl (C=O) groups excluding carboxylic acids is 1. The molecule has 3 aromatic rings. The van der Waals surface area contributed by atoms with E-state index in [0.29, 0.717) is 11.3 Å². The zero-order valence-electron chi connectivity index (χ0n) is 16.2. The van der Waals surface area contributed by atoms with Gasteiger partial charge in [-0.05, 0) is 40.3 Å². The van der Waals surface area contributed by atoms with Crippen LogP contribution in [0.1, 0.15) is 24.4 Å². The third kappa shape index (κ3) is 5.06. The standard InChI is InChI=1S/C20H18N2O3S.C2H6/c1-3-4-5-8-11-26-22-21-20(23)19-18(24-2)16-12-14-9-6-7-10-15(14)13-17(16)25-19;1-2/h3-13,22H,1H2,2H3,(H,21,23);1-2H3/b5-4-,11-8+;. The van der Waals surface area contributed by atoms with Crippen LogP contribution in [-0.2, 0) is 0 Å². The van der Waals surface area contributed by atoms with Gasteiger partial charge in [0.15, 0.2) is 5.75 Å². The number of benzene rings is 2. The van der Waals surface area contributed by atoms with Crippen LogP contribution in [-0.4, -0.2) is 13.0 Å². The van der Waals surface area contributed by atoms with E-state index < -0.39 is 5.91 Å². The summed E-state index contributed by atoms with van der Waals surface area (Å²) >= 11 is 1.22. The molecule has 0 saturated carbocycles. The lowest BCUT2D eigenvalue weighted by atomic mass is 10.1. The first-order chi connectivity index (χ1) is 13.7. The van der Waals surface area contributed by atoms with Crippen LogP contribution < -0.4 is 15.0 Å². The lowest BCUT2D eigenvalue weighted by Crippen LogP contribution is -2.32. The molecule has 0 radical (unpaired) electrons. The second kappa shape index (κ2) is 11.0. The van der Waals surface area contributed by atoms with Crippen molar-refractivity contribution in [3.8, 4) is 5.75 Å². The van der Waals surface area contributed by atoms with Gasteiger partial charge in [0, 0.05) is 0 Å². The number of rotatable bonds is 7. The van der Waals surface area contributed by atoms with Crippen molar-refractivity contribution >= 4 is 39.6 Å². The number of hydrogen-bond donors (Lipinski definition) is 2. The van der Waals surface area contributed by atoms with Gasteiger partial charge in [0.1, 0.15) is 5.58 Å². The van der Waals surface area contributed by atoms with Crippen molar-refractivity contribution < 1.29 is 13.9 Å². The van der Waals surface area contributed by atoms with E-state index in [0.717, 1.165) is 16.2 Å². The molecule has 6 heteroatoms. The molecular formula is C22H24N2O3S. The molecular weight excluding hydrogens is 372 g/mol. The molecule has 146 valence electrons. The topological polar surface area (TPSA) is 63.5 Å². The number of amides is 1. The van der Waals surface area contributed by atoms with Crippen LogP contribution in [0.4, 0.5) is 0 Å². The lowest BCUT2D eigenvalue weighted by Gasteiger charge is -2.03. The highest BCUT2D eigenvalue weighted by molar-refractivity contribution is 8.00. The number of allylic oxidation sites excluding steroid dienone is 4. The number of nitrogens with one attached hydrogen (secondary N) is 2. The molecule has 0 fully saturated rings. The molecule has 0 aliphatic rings. The fraction of sp³-hybridized carbons (Fsp3) is 0.136. The Kier molecular flexibility index (Phi) is 8.39. The zero-order valence-corrected chi connectivity index (χ0v) is 17.0. The fourth-order valence-corrected chi connectivity index (χ4v) is 2.89. The van der Waals surface area contributed by atoms with Gasteiger partial charge in [-0.1, -0.05) is 69.0 Å². The minimum absolute atomic E-state index is 0.126. The SMILES string of the molecule is C=C/C=C\C=C\SNNC(=O)c1oc2cc3ccccc3cc2c1OC.CC. The Morgan fingerprint density at radius 2 is 1.86 bits per heavy atom. The molecule has 0 saturated heterocycles. The molecule has 2 N–H and O–H groups in total. The lowest BCUT2D eigenvalue weighted by molar-refractivity contribution is 0.0917. The monoisotopic (exact) mass is 396 g/mol. The molecule has 0 atom stereocenters. The molecule has 5 nitrogen and oxygen atoms in total. The summed E-state index contributed by atoms with van der Waals surface area (Å²) in [5, 5.41) is 4.63. The Morgan fingerprint density at radius 1 is 1.14 bits per heavy atom. The Morgan fingerprint density at radius 3 is 2.54 bits per heavy atom. The highest BCUT2D eigenvalue weighted by atomic mass is 32.2. The number of hydrogen-bond acceptors (Lipinski definition) is 5. The molecule has 28 heavy (non-hydrogen) atoms. The first-order valence-corrected chi connectivity index (χ1v) is 9.77. The van der Waals surface area contributed by atoms with Crippen LogP contribution in [0.15, 0.2) is 77.1 Å². The van der Waals surface area contributed by atoms with E-state index in [1.54, 1.807) is 17.6 Å². The van der Waals surface area contributed by atoms with Crippen LogP contribution in [0.2, 0.25) is 0 Å². The predicted octanol–water partition coefficient (Wildman–Crippen LogP) is 5.76. The van der Waals surface area contributed by atoms with Gasteiger partial charge in [-0.2, -0.15) is 4.83 Å². The van der Waals surface area contributed by atoms with E-state index >= 15 is 0 Å². The molecule has 0 unspecified atom stereocenters. The van der Waals surface area contributed by atoms with Crippen LogP contribution in [0, 0.1) is 0 Å². The van der Waals surface area contributed by atoms with Crippen LogP contribution in [0.3, 0.4) is 0 Å². The van der Waals surface area contributed by atoms with Crippen molar-refractivity contribution in [1.82, 2.24) is 10.3 Å². The number of furan rings is 1. The van der Waals surface area contributed by atoms with Crippen LogP contribution >= 0.6 is 11.9 Å². The highest BCUT2D eigenvalue weighted by Gasteiger charge is 2.21. The largest absolute Gasteiger partial charge is 0.492 e. The van der Waals surface area contributed by atoms with Crippen molar-refractivity contribution in [3.63, 3.8) is 0 Å². The summed E-state index contributed by atoms with van der Waals surface area (Å²) in [6.45, 7) is 7.58. The number of hydrazine groups is 1. The summed E-state index contributed by atoms with van der Waals surface area (Å²) in [6.07, 6.45) is 7.13. The maximum Gasteiger partial charge on any atom is 0.305 e. The van der Waals surface area contributed by atoms with E-state index in [2.05, 4.69) is 16.8 Å². The van der Waals surface area contributed by atoms with Gasteiger partial charge in [0.25, 0.3) is 0 Å². The first-order valence-electron chi connectivity index (χ1n) is 8.89. The first kappa shape index (κ1) is 21.3. The van der Waals surface area contributed by atoms with E-state index in [1.807, 2.05) is 62.4 Å². The molecule has 1 heterocycles. The van der Waals surface area contributed by atoms with Gasteiger partial charge in [0.05, 0.1) is 12.5 Å². The van der Waals surface area contributed by atoms with Gasteiger partial charge >= 0.3 is 5.91 Å². The zero-order chi connectivity index (χ0) is 20.4. The van der Waals surface area contributed by atoms with E-state index in [4.69, 9.17) is 9.15 Å². The highest BCUT2D eigenvalue weighted by Crippen LogP contribution is 2.35. The summed E-state index contributed by atoms with van der Waals surface area (Å²) in [6, 6.07) is 11.8. The average Bonchev–Trinajstić information content (AvgIpc) is 3.10. The summed E-state index contributed by atoms with van der Waals surface area (Å²) < 4.78 is 11.2. The number of methoxy groups -OCH3 is 1. The maximum absolute atomic E-state index is 12.4. The van der Waals surface area contributed by atoms with Crippen molar-refractivity contribution in [2.45, 2.75) is 13.8 Å². The van der Waals surface area contributed by atoms with Crippen molar-refractivity contribution in [3.05, 3.63) is 78.4 Å².